The first-order valence-electron chi connectivity index (χ1n) is 3.06. The molecule has 10 heavy (non-hydrogen) atoms. The zero-order chi connectivity index (χ0) is 8.36. The topological polar surface area (TPSA) is 80.4 Å². The number of nitrogens with two attached hydrogens (primary N) is 1. The fourth-order valence-electron chi connectivity index (χ4n) is 0.586. The van der Waals surface area contributed by atoms with E-state index in [1.807, 2.05) is 13.8 Å². The Kier molecular flexibility index (Phi) is 3.27. The van der Waals surface area contributed by atoms with Crippen molar-refractivity contribution in [3.8, 4) is 0 Å². The molecule has 62 valence electrons. The molecule has 0 radical (unpaired) electrons. The predicted octanol–water partition coefficient (Wildman–Crippen LogP) is 0.205. The van der Waals surface area contributed by atoms with Crippen molar-refractivity contribution in [1.82, 2.24) is 0 Å². The summed E-state index contributed by atoms with van der Waals surface area (Å²) in [6.07, 6.45) is 0.291. The van der Waals surface area contributed by atoms with Gasteiger partial charge in [-0.05, 0) is 12.3 Å². The minimum absolute atomic E-state index is 0.178. The van der Waals surface area contributed by atoms with E-state index in [-0.39, 0.29) is 5.92 Å². The number of rotatable bonds is 3. The predicted molar refractivity (Wildman–Crippen MR) is 39.0 cm³/mol. The molecule has 0 heterocycles. The lowest BCUT2D eigenvalue weighted by molar-refractivity contribution is 0.448. The smallest absolute Gasteiger partial charge is 0.280 e. The Morgan fingerprint density at radius 2 is 1.90 bits per heavy atom. The lowest BCUT2D eigenvalue weighted by Gasteiger charge is -2.09. The average molecular weight is 167 g/mol. The Morgan fingerprint density at radius 3 is 2.00 bits per heavy atom. The SMILES string of the molecule is CC(C)C[C@@H](N)S(=O)(=O)O. The van der Waals surface area contributed by atoms with Crippen molar-refractivity contribution < 1.29 is 13.0 Å². The van der Waals surface area contributed by atoms with Crippen LogP contribution in [0.25, 0.3) is 0 Å². The molecule has 0 saturated heterocycles. The van der Waals surface area contributed by atoms with Crippen molar-refractivity contribution in [3.05, 3.63) is 0 Å². The number of hydrogen-bond acceptors (Lipinski definition) is 3. The fraction of sp³-hybridized carbons (Fsp3) is 1.00. The van der Waals surface area contributed by atoms with Gasteiger partial charge in [-0.3, -0.25) is 4.55 Å². The average Bonchev–Trinajstić information content (AvgIpc) is 1.60. The highest BCUT2D eigenvalue weighted by molar-refractivity contribution is 7.86. The van der Waals surface area contributed by atoms with Crippen LogP contribution in [0.5, 0.6) is 0 Å². The molecule has 3 N–H and O–H groups in total. The van der Waals surface area contributed by atoms with E-state index in [0.29, 0.717) is 6.42 Å². The highest BCUT2D eigenvalue weighted by atomic mass is 32.2. The molecule has 0 aromatic rings. The lowest BCUT2D eigenvalue weighted by atomic mass is 10.1. The van der Waals surface area contributed by atoms with Crippen LogP contribution in [-0.2, 0) is 10.1 Å². The third-order valence-electron chi connectivity index (χ3n) is 1.09. The standard InChI is InChI=1S/C5H13NO3S/c1-4(2)3-5(6)10(7,8)9/h4-5H,3,6H2,1-2H3,(H,7,8,9)/t5-/m0/s1. The van der Waals surface area contributed by atoms with Gasteiger partial charge in [-0.25, -0.2) is 0 Å². The molecule has 5 heteroatoms. The first-order chi connectivity index (χ1) is 4.34. The van der Waals surface area contributed by atoms with Crippen molar-refractivity contribution in [3.63, 3.8) is 0 Å². The fourth-order valence-corrected chi connectivity index (χ4v) is 1.21. The van der Waals surface area contributed by atoms with Gasteiger partial charge in [-0.15, -0.1) is 0 Å². The van der Waals surface area contributed by atoms with E-state index in [2.05, 4.69) is 0 Å². The Hall–Kier alpha value is -0.130. The molecule has 0 unspecified atom stereocenters. The summed E-state index contributed by atoms with van der Waals surface area (Å²) in [7, 11) is -4.02. The van der Waals surface area contributed by atoms with Gasteiger partial charge in [0.2, 0.25) is 0 Å². The van der Waals surface area contributed by atoms with Crippen molar-refractivity contribution in [2.75, 3.05) is 0 Å². The van der Waals surface area contributed by atoms with Gasteiger partial charge in [0.25, 0.3) is 10.1 Å². The molecule has 0 spiro atoms. The molecule has 0 bridgehead atoms. The van der Waals surface area contributed by atoms with Crippen LogP contribution in [0.2, 0.25) is 0 Å². The van der Waals surface area contributed by atoms with E-state index < -0.39 is 15.5 Å². The summed E-state index contributed by atoms with van der Waals surface area (Å²) < 4.78 is 29.0. The minimum atomic E-state index is -4.02. The Bertz CT molecular complexity index is 185. The number of hydrogen-bond donors (Lipinski definition) is 2. The second kappa shape index (κ2) is 3.32. The van der Waals surface area contributed by atoms with E-state index >= 15 is 0 Å². The van der Waals surface area contributed by atoms with Gasteiger partial charge in [0.1, 0.15) is 5.37 Å². The molecular weight excluding hydrogens is 154 g/mol. The van der Waals surface area contributed by atoms with Crippen LogP contribution in [0.15, 0.2) is 0 Å². The minimum Gasteiger partial charge on any atom is -0.313 e. The summed E-state index contributed by atoms with van der Waals surface area (Å²) in [5.74, 6) is 0.178. The third-order valence-corrected chi connectivity index (χ3v) is 2.04. The second-order valence-electron chi connectivity index (χ2n) is 2.68. The van der Waals surface area contributed by atoms with Gasteiger partial charge in [0, 0.05) is 0 Å². The summed E-state index contributed by atoms with van der Waals surface area (Å²) in [6.45, 7) is 3.68. The quantitative estimate of drug-likeness (QED) is 0.588. The maximum absolute atomic E-state index is 10.3. The van der Waals surface area contributed by atoms with Gasteiger partial charge in [-0.1, -0.05) is 13.8 Å². The zero-order valence-electron chi connectivity index (χ0n) is 6.11. The van der Waals surface area contributed by atoms with Crippen LogP contribution < -0.4 is 5.73 Å². The lowest BCUT2D eigenvalue weighted by Crippen LogP contribution is -2.31. The summed E-state index contributed by atoms with van der Waals surface area (Å²) >= 11 is 0. The van der Waals surface area contributed by atoms with Gasteiger partial charge in [0.15, 0.2) is 0 Å². The van der Waals surface area contributed by atoms with Crippen LogP contribution in [0.1, 0.15) is 20.3 Å². The Balaban J connectivity index is 3.99. The largest absolute Gasteiger partial charge is 0.313 e. The maximum Gasteiger partial charge on any atom is 0.280 e. The third kappa shape index (κ3) is 3.81. The van der Waals surface area contributed by atoms with Crippen LogP contribution in [-0.4, -0.2) is 18.3 Å². The van der Waals surface area contributed by atoms with E-state index in [1.165, 1.54) is 0 Å². The molecule has 0 aliphatic rings. The highest BCUT2D eigenvalue weighted by Gasteiger charge is 2.18. The second-order valence-corrected chi connectivity index (χ2v) is 4.32. The summed E-state index contributed by atoms with van der Waals surface area (Å²) in [5, 5.41) is -1.13. The molecule has 0 rings (SSSR count). The van der Waals surface area contributed by atoms with Crippen LogP contribution in [0.4, 0.5) is 0 Å². The molecule has 0 aliphatic heterocycles. The molecule has 4 nitrogen and oxygen atoms in total. The van der Waals surface area contributed by atoms with Crippen LogP contribution in [0.3, 0.4) is 0 Å². The summed E-state index contributed by atoms with van der Waals surface area (Å²) in [6, 6.07) is 0. The Morgan fingerprint density at radius 1 is 1.50 bits per heavy atom. The first-order valence-corrected chi connectivity index (χ1v) is 4.56. The normalized spacial score (nSPS) is 15.7. The van der Waals surface area contributed by atoms with E-state index in [9.17, 15) is 8.42 Å². The van der Waals surface area contributed by atoms with Gasteiger partial charge in [-0.2, -0.15) is 8.42 Å². The van der Waals surface area contributed by atoms with Crippen LogP contribution in [0, 0.1) is 5.92 Å². The maximum atomic E-state index is 10.3. The zero-order valence-corrected chi connectivity index (χ0v) is 6.93. The van der Waals surface area contributed by atoms with E-state index in [0.717, 1.165) is 0 Å². The van der Waals surface area contributed by atoms with Crippen molar-refractivity contribution in [2.45, 2.75) is 25.6 Å². The van der Waals surface area contributed by atoms with E-state index in [4.69, 9.17) is 10.3 Å². The molecule has 0 aliphatic carbocycles. The molecule has 0 fully saturated rings. The van der Waals surface area contributed by atoms with E-state index in [1.54, 1.807) is 0 Å². The van der Waals surface area contributed by atoms with Crippen molar-refractivity contribution in [2.24, 2.45) is 11.7 Å². The van der Waals surface area contributed by atoms with Gasteiger partial charge in [0.05, 0.1) is 0 Å². The molecule has 0 saturated carbocycles. The van der Waals surface area contributed by atoms with Crippen LogP contribution >= 0.6 is 0 Å². The van der Waals surface area contributed by atoms with Gasteiger partial charge >= 0.3 is 0 Å². The first kappa shape index (κ1) is 9.87. The molecule has 0 amide bonds. The molecule has 0 aromatic heterocycles. The highest BCUT2D eigenvalue weighted by Crippen LogP contribution is 2.06. The van der Waals surface area contributed by atoms with Crippen molar-refractivity contribution >= 4 is 10.1 Å². The molecular formula is C5H13NO3S. The Labute approximate surface area is 61.2 Å². The van der Waals surface area contributed by atoms with Crippen molar-refractivity contribution in [1.29, 1.82) is 0 Å². The molecule has 0 aromatic carbocycles. The summed E-state index contributed by atoms with van der Waals surface area (Å²) in [4.78, 5) is 0. The monoisotopic (exact) mass is 167 g/mol. The molecule has 1 atom stereocenters. The summed E-state index contributed by atoms with van der Waals surface area (Å²) in [5.41, 5.74) is 5.11. The van der Waals surface area contributed by atoms with Gasteiger partial charge < -0.3 is 5.73 Å².